The Kier molecular flexibility index (Phi) is 6.29. The summed E-state index contributed by atoms with van der Waals surface area (Å²) in [6.07, 6.45) is 7.97. The molecule has 1 aromatic heterocycles. The van der Waals surface area contributed by atoms with Crippen molar-refractivity contribution >= 4 is 16.8 Å². The molecule has 4 heterocycles. The van der Waals surface area contributed by atoms with Gasteiger partial charge in [-0.1, -0.05) is 38.1 Å². The Hall–Kier alpha value is -3.58. The number of likely N-dealkylation sites (tertiary alicyclic amines) is 1. The number of piperidine rings is 1. The zero-order valence-corrected chi connectivity index (χ0v) is 23.7. The van der Waals surface area contributed by atoms with Crippen LogP contribution in [0.1, 0.15) is 50.3 Å². The van der Waals surface area contributed by atoms with Crippen molar-refractivity contribution in [2.24, 2.45) is 0 Å². The zero-order valence-electron chi connectivity index (χ0n) is 23.7. The van der Waals surface area contributed by atoms with Crippen LogP contribution in [-0.4, -0.2) is 65.1 Å². The van der Waals surface area contributed by atoms with Crippen LogP contribution in [0.3, 0.4) is 0 Å². The first-order valence-corrected chi connectivity index (χ1v) is 13.9. The fraction of sp³-hybridized carbons (Fsp3) is 0.438. The van der Waals surface area contributed by atoms with E-state index in [0.29, 0.717) is 13.1 Å². The Balaban J connectivity index is 1.34. The van der Waals surface area contributed by atoms with Gasteiger partial charge in [-0.2, -0.15) is 0 Å². The van der Waals surface area contributed by atoms with E-state index in [1.807, 2.05) is 23.4 Å². The Morgan fingerprint density at radius 2 is 1.85 bits per heavy atom. The van der Waals surface area contributed by atoms with Crippen molar-refractivity contribution in [3.8, 4) is 11.5 Å². The van der Waals surface area contributed by atoms with E-state index in [4.69, 9.17) is 9.47 Å². The molecule has 0 unspecified atom stereocenters. The van der Waals surface area contributed by atoms with Gasteiger partial charge in [0.05, 0.1) is 26.3 Å². The number of methoxy groups -OCH3 is 2. The molecule has 6 rings (SSSR count). The summed E-state index contributed by atoms with van der Waals surface area (Å²) < 4.78 is 11.4. The van der Waals surface area contributed by atoms with Gasteiger partial charge in [0.2, 0.25) is 0 Å². The SMILES string of the molecule is CCN1C(=O)N2Cc3cc(OC)cc(OC)c3C(C)(C)C=C2C12CCN(Cc1cccc3cnccc13)CC2. The van der Waals surface area contributed by atoms with Gasteiger partial charge in [0.25, 0.3) is 0 Å². The molecule has 1 spiro atoms. The molecule has 0 atom stereocenters. The van der Waals surface area contributed by atoms with Gasteiger partial charge in [-0.3, -0.25) is 14.8 Å². The van der Waals surface area contributed by atoms with Crippen molar-refractivity contribution in [3.63, 3.8) is 0 Å². The van der Waals surface area contributed by atoms with Gasteiger partial charge in [0, 0.05) is 66.7 Å². The average molecular weight is 527 g/mol. The number of rotatable bonds is 5. The number of carbonyl (C=O) groups excluding carboxylic acids is 1. The Bertz CT molecular complexity index is 1450. The predicted molar refractivity (Wildman–Crippen MR) is 153 cm³/mol. The number of nitrogens with zero attached hydrogens (tertiary/aromatic N) is 4. The van der Waals surface area contributed by atoms with Crippen LogP contribution in [0.2, 0.25) is 0 Å². The summed E-state index contributed by atoms with van der Waals surface area (Å²) in [5, 5.41) is 2.44. The van der Waals surface area contributed by atoms with Crippen LogP contribution >= 0.6 is 0 Å². The predicted octanol–water partition coefficient (Wildman–Crippen LogP) is 5.72. The molecular formula is C32H38N4O3. The number of benzene rings is 2. The lowest BCUT2D eigenvalue weighted by Gasteiger charge is -2.44. The van der Waals surface area contributed by atoms with E-state index in [0.717, 1.165) is 60.8 Å². The topological polar surface area (TPSA) is 58.1 Å². The summed E-state index contributed by atoms with van der Waals surface area (Å²) in [6.45, 7) is 10.5. The smallest absolute Gasteiger partial charge is 0.325 e. The molecule has 0 radical (unpaired) electrons. The lowest BCUT2D eigenvalue weighted by molar-refractivity contribution is 0.0888. The average Bonchev–Trinajstić information content (AvgIpc) is 3.05. The van der Waals surface area contributed by atoms with Crippen LogP contribution in [0.25, 0.3) is 10.8 Å². The van der Waals surface area contributed by atoms with Crippen molar-refractivity contribution in [3.05, 3.63) is 77.3 Å². The van der Waals surface area contributed by atoms with Crippen LogP contribution in [0.5, 0.6) is 11.5 Å². The molecule has 204 valence electrons. The molecule has 3 aliphatic rings. The molecule has 7 nitrogen and oxygen atoms in total. The molecule has 0 aliphatic carbocycles. The van der Waals surface area contributed by atoms with Crippen LogP contribution in [0.15, 0.2) is 60.6 Å². The van der Waals surface area contributed by atoms with Crippen molar-refractivity contribution in [1.29, 1.82) is 0 Å². The van der Waals surface area contributed by atoms with Crippen LogP contribution < -0.4 is 9.47 Å². The Labute approximate surface area is 231 Å². The lowest BCUT2D eigenvalue weighted by Crippen LogP contribution is -2.53. The molecule has 3 aromatic rings. The highest BCUT2D eigenvalue weighted by molar-refractivity contribution is 5.85. The minimum Gasteiger partial charge on any atom is -0.497 e. The van der Waals surface area contributed by atoms with E-state index >= 15 is 0 Å². The molecular weight excluding hydrogens is 488 g/mol. The molecule has 39 heavy (non-hydrogen) atoms. The summed E-state index contributed by atoms with van der Waals surface area (Å²) in [5.41, 5.74) is 4.05. The second-order valence-electron chi connectivity index (χ2n) is 11.5. The van der Waals surface area contributed by atoms with Gasteiger partial charge in [-0.25, -0.2) is 4.79 Å². The first-order valence-electron chi connectivity index (χ1n) is 13.9. The van der Waals surface area contributed by atoms with Gasteiger partial charge >= 0.3 is 6.03 Å². The number of allylic oxidation sites excluding steroid dienone is 1. The standard InChI is InChI=1S/C32H38N4O3/c1-6-36-30(37)35-21-24-16-25(38-4)17-27(39-5)29(24)31(2,3)18-28(35)32(36)11-14-34(15-12-32)20-23-9-7-8-22-19-33-13-10-26(22)23/h7-10,13,16-19H,6,11-12,14-15,20-21H2,1-5H3. The third kappa shape index (κ3) is 4.06. The van der Waals surface area contributed by atoms with Crippen molar-refractivity contribution in [1.82, 2.24) is 19.7 Å². The highest BCUT2D eigenvalue weighted by atomic mass is 16.5. The van der Waals surface area contributed by atoms with E-state index in [9.17, 15) is 4.79 Å². The molecule has 2 fully saturated rings. The highest BCUT2D eigenvalue weighted by Crippen LogP contribution is 2.50. The minimum absolute atomic E-state index is 0.101. The monoisotopic (exact) mass is 526 g/mol. The fourth-order valence-corrected chi connectivity index (χ4v) is 7.16. The lowest BCUT2D eigenvalue weighted by atomic mass is 9.77. The maximum atomic E-state index is 14.0. The molecule has 2 aromatic carbocycles. The van der Waals surface area contributed by atoms with E-state index < -0.39 is 0 Å². The third-order valence-electron chi connectivity index (χ3n) is 8.99. The van der Waals surface area contributed by atoms with Crippen LogP contribution in [0.4, 0.5) is 4.79 Å². The number of ether oxygens (including phenoxy) is 2. The molecule has 0 bridgehead atoms. The van der Waals surface area contributed by atoms with Crippen LogP contribution in [0, 0.1) is 0 Å². The van der Waals surface area contributed by atoms with Gasteiger partial charge in [-0.15, -0.1) is 0 Å². The second-order valence-corrected chi connectivity index (χ2v) is 11.5. The molecule has 2 amide bonds. The first-order chi connectivity index (χ1) is 18.8. The molecule has 3 aliphatic heterocycles. The number of amides is 2. The fourth-order valence-electron chi connectivity index (χ4n) is 7.16. The van der Waals surface area contributed by atoms with E-state index in [-0.39, 0.29) is 17.0 Å². The summed E-state index contributed by atoms with van der Waals surface area (Å²) in [6, 6.07) is 12.7. The van der Waals surface area contributed by atoms with Gasteiger partial charge < -0.3 is 14.4 Å². The number of likely N-dealkylation sites (N-methyl/N-ethyl adjacent to an activating group) is 1. The number of hydrogen-bond acceptors (Lipinski definition) is 5. The quantitative estimate of drug-likeness (QED) is 0.426. The Morgan fingerprint density at radius 3 is 2.56 bits per heavy atom. The molecule has 0 N–H and O–H groups in total. The van der Waals surface area contributed by atoms with Gasteiger partial charge in [0.1, 0.15) is 11.5 Å². The minimum atomic E-state index is -0.317. The van der Waals surface area contributed by atoms with Crippen molar-refractivity contribution in [2.45, 2.75) is 57.7 Å². The number of fused-ring (bicyclic) bond motifs is 4. The van der Waals surface area contributed by atoms with Crippen molar-refractivity contribution in [2.75, 3.05) is 33.9 Å². The largest absolute Gasteiger partial charge is 0.497 e. The van der Waals surface area contributed by atoms with E-state index in [1.54, 1.807) is 14.2 Å². The summed E-state index contributed by atoms with van der Waals surface area (Å²) in [5.74, 6) is 1.55. The molecule has 2 saturated heterocycles. The second kappa shape index (κ2) is 9.56. The summed E-state index contributed by atoms with van der Waals surface area (Å²) in [4.78, 5) is 24.9. The van der Waals surface area contributed by atoms with Gasteiger partial charge in [-0.05, 0) is 48.4 Å². The molecule has 7 heteroatoms. The first kappa shape index (κ1) is 25.7. The number of urea groups is 1. The number of aromatic nitrogens is 1. The maximum Gasteiger partial charge on any atom is 0.325 e. The highest BCUT2D eigenvalue weighted by Gasteiger charge is 2.55. The number of carbonyl (C=O) groups is 1. The third-order valence-corrected chi connectivity index (χ3v) is 8.99. The maximum absolute atomic E-state index is 14.0. The summed E-state index contributed by atoms with van der Waals surface area (Å²) in [7, 11) is 3.38. The normalized spacial score (nSPS) is 20.0. The molecule has 0 saturated carbocycles. The number of pyridine rings is 1. The number of hydrogen-bond donors (Lipinski definition) is 0. The zero-order chi connectivity index (χ0) is 27.4. The van der Waals surface area contributed by atoms with Crippen LogP contribution in [-0.2, 0) is 18.5 Å². The van der Waals surface area contributed by atoms with E-state index in [2.05, 4.69) is 72.0 Å². The Morgan fingerprint density at radius 1 is 1.05 bits per heavy atom. The summed E-state index contributed by atoms with van der Waals surface area (Å²) >= 11 is 0. The van der Waals surface area contributed by atoms with Gasteiger partial charge in [0.15, 0.2) is 0 Å². The van der Waals surface area contributed by atoms with Crippen molar-refractivity contribution < 1.29 is 14.3 Å². The van der Waals surface area contributed by atoms with E-state index in [1.165, 1.54) is 16.3 Å².